The summed E-state index contributed by atoms with van der Waals surface area (Å²) in [7, 11) is 0. The van der Waals surface area contributed by atoms with E-state index in [9.17, 15) is 0 Å². The zero-order valence-electron chi connectivity index (χ0n) is 10.6. The molecule has 0 saturated carbocycles. The molecule has 0 aliphatic rings. The van der Waals surface area contributed by atoms with Crippen LogP contribution in [0, 0.1) is 6.92 Å². The number of aryl methyl sites for hydroxylation is 1. The van der Waals surface area contributed by atoms with Crippen molar-refractivity contribution in [2.75, 3.05) is 11.9 Å². The lowest BCUT2D eigenvalue weighted by atomic mass is 10.1. The number of nitrogens with one attached hydrogen (secondary N) is 1. The molecule has 3 nitrogen and oxygen atoms in total. The first kappa shape index (κ1) is 13.4. The third-order valence-electron chi connectivity index (χ3n) is 2.65. The molecule has 1 N–H and O–H groups in total. The summed E-state index contributed by atoms with van der Waals surface area (Å²) in [5, 5.41) is 8.58. The Hall–Kier alpha value is -1.07. The minimum absolute atomic E-state index is 0.910. The Labute approximate surface area is 116 Å². The van der Waals surface area contributed by atoms with Gasteiger partial charge in [0, 0.05) is 29.6 Å². The maximum atomic E-state index is 4.17. The number of anilines is 1. The van der Waals surface area contributed by atoms with Crippen molar-refractivity contribution in [3.63, 3.8) is 0 Å². The second kappa shape index (κ2) is 6.75. The van der Waals surface area contributed by atoms with Crippen LogP contribution in [0.2, 0.25) is 0 Å². The van der Waals surface area contributed by atoms with E-state index in [0.717, 1.165) is 28.7 Å². The summed E-state index contributed by atoms with van der Waals surface area (Å²) >= 11 is 3.32. The molecule has 96 valence electrons. The van der Waals surface area contributed by atoms with Crippen molar-refractivity contribution < 1.29 is 0 Å². The molecule has 0 fully saturated rings. The Morgan fingerprint density at radius 2 is 2.11 bits per heavy atom. The zero-order valence-corrected chi connectivity index (χ0v) is 12.3. The highest BCUT2D eigenvalue weighted by atomic mass is 32.2. The number of thioether (sulfide) groups is 1. The Balaban J connectivity index is 1.88. The van der Waals surface area contributed by atoms with Gasteiger partial charge in [-0.3, -0.25) is 0 Å². The topological polar surface area (TPSA) is 37.8 Å². The molecule has 0 bridgehead atoms. The van der Waals surface area contributed by atoms with Crippen molar-refractivity contribution in [1.29, 1.82) is 0 Å². The van der Waals surface area contributed by atoms with E-state index < -0.39 is 0 Å². The lowest BCUT2D eigenvalue weighted by molar-refractivity contribution is 1.07. The van der Waals surface area contributed by atoms with Crippen LogP contribution in [-0.2, 0) is 11.5 Å². The van der Waals surface area contributed by atoms with E-state index in [4.69, 9.17) is 0 Å². The van der Waals surface area contributed by atoms with Crippen molar-refractivity contribution in [2.24, 2.45) is 0 Å². The quantitative estimate of drug-likeness (QED) is 0.874. The highest BCUT2D eigenvalue weighted by molar-refractivity contribution is 7.97. The molecule has 1 heterocycles. The van der Waals surface area contributed by atoms with Crippen LogP contribution in [0.25, 0.3) is 0 Å². The highest BCUT2D eigenvalue weighted by Gasteiger charge is 2.07. The van der Waals surface area contributed by atoms with Crippen LogP contribution in [-0.4, -0.2) is 16.1 Å². The molecule has 0 spiro atoms. The Morgan fingerprint density at radius 3 is 2.89 bits per heavy atom. The molecule has 0 saturated heterocycles. The minimum Gasteiger partial charge on any atom is -0.374 e. The van der Waals surface area contributed by atoms with Gasteiger partial charge in [-0.25, -0.2) is 0 Å². The maximum Gasteiger partial charge on any atom is 0.134 e. The van der Waals surface area contributed by atoms with Crippen LogP contribution in [0.15, 0.2) is 24.3 Å². The SMILES string of the molecule is CCNc1snnc1CSCc1ccccc1C. The largest absolute Gasteiger partial charge is 0.374 e. The van der Waals surface area contributed by atoms with Gasteiger partial charge in [0.25, 0.3) is 0 Å². The summed E-state index contributed by atoms with van der Waals surface area (Å²) < 4.78 is 4.00. The molecule has 0 aliphatic heterocycles. The number of benzene rings is 1. The third-order valence-corrected chi connectivity index (χ3v) is 4.37. The predicted molar refractivity (Wildman–Crippen MR) is 80.3 cm³/mol. The van der Waals surface area contributed by atoms with E-state index in [0.29, 0.717) is 0 Å². The molecule has 2 aromatic rings. The fourth-order valence-corrected chi connectivity index (χ4v) is 3.41. The van der Waals surface area contributed by atoms with Crippen LogP contribution in [0.3, 0.4) is 0 Å². The zero-order chi connectivity index (χ0) is 12.8. The van der Waals surface area contributed by atoms with E-state index >= 15 is 0 Å². The fraction of sp³-hybridized carbons (Fsp3) is 0.385. The van der Waals surface area contributed by atoms with E-state index in [1.165, 1.54) is 22.7 Å². The van der Waals surface area contributed by atoms with Crippen molar-refractivity contribution >= 4 is 28.3 Å². The molecule has 2 rings (SSSR count). The standard InChI is InChI=1S/C13H17N3S2/c1-3-14-13-12(15-16-18-13)9-17-8-11-7-5-4-6-10(11)2/h4-7,14H,3,8-9H2,1-2H3. The molecule has 18 heavy (non-hydrogen) atoms. The van der Waals surface area contributed by atoms with Crippen LogP contribution in [0.4, 0.5) is 5.00 Å². The molecule has 1 aromatic carbocycles. The molecule has 5 heteroatoms. The average Bonchev–Trinajstić information content (AvgIpc) is 2.80. The molecule has 0 aliphatic carbocycles. The number of aromatic nitrogens is 2. The van der Waals surface area contributed by atoms with Crippen molar-refractivity contribution in [2.45, 2.75) is 25.4 Å². The molecular weight excluding hydrogens is 262 g/mol. The summed E-state index contributed by atoms with van der Waals surface area (Å²) in [6.45, 7) is 5.16. The second-order valence-electron chi connectivity index (χ2n) is 4.00. The van der Waals surface area contributed by atoms with Gasteiger partial charge in [-0.15, -0.1) is 5.10 Å². The maximum absolute atomic E-state index is 4.17. The monoisotopic (exact) mass is 279 g/mol. The van der Waals surface area contributed by atoms with E-state index in [1.54, 1.807) is 0 Å². The van der Waals surface area contributed by atoms with Gasteiger partial charge in [0.1, 0.15) is 10.7 Å². The number of rotatable bonds is 6. The Kier molecular flexibility index (Phi) is 5.01. The van der Waals surface area contributed by atoms with Gasteiger partial charge < -0.3 is 5.32 Å². The van der Waals surface area contributed by atoms with Crippen molar-refractivity contribution in [3.05, 3.63) is 41.1 Å². The van der Waals surface area contributed by atoms with Gasteiger partial charge in [-0.2, -0.15) is 11.8 Å². The molecule has 0 atom stereocenters. The van der Waals surface area contributed by atoms with Gasteiger partial charge in [0.15, 0.2) is 0 Å². The van der Waals surface area contributed by atoms with Gasteiger partial charge in [0.2, 0.25) is 0 Å². The molecule has 0 unspecified atom stereocenters. The lowest BCUT2D eigenvalue weighted by Gasteiger charge is -2.05. The average molecular weight is 279 g/mol. The minimum atomic E-state index is 0.910. The number of hydrogen-bond acceptors (Lipinski definition) is 5. The second-order valence-corrected chi connectivity index (χ2v) is 5.74. The summed E-state index contributed by atoms with van der Waals surface area (Å²) in [5.41, 5.74) is 3.82. The van der Waals surface area contributed by atoms with Crippen molar-refractivity contribution in [3.8, 4) is 0 Å². The first-order chi connectivity index (χ1) is 8.81. The molecule has 1 aromatic heterocycles. The normalized spacial score (nSPS) is 10.6. The predicted octanol–water partition coefficient (Wildman–Crippen LogP) is 3.71. The summed E-state index contributed by atoms with van der Waals surface area (Å²) in [5.74, 6) is 1.93. The first-order valence-electron chi connectivity index (χ1n) is 5.98. The highest BCUT2D eigenvalue weighted by Crippen LogP contribution is 2.25. The van der Waals surface area contributed by atoms with E-state index in [2.05, 4.69) is 53.0 Å². The van der Waals surface area contributed by atoms with Gasteiger partial charge in [-0.05, 0) is 25.0 Å². The third kappa shape index (κ3) is 3.46. The Morgan fingerprint density at radius 1 is 1.28 bits per heavy atom. The van der Waals surface area contributed by atoms with Gasteiger partial charge in [-0.1, -0.05) is 28.8 Å². The van der Waals surface area contributed by atoms with Crippen LogP contribution in [0.5, 0.6) is 0 Å². The fourth-order valence-electron chi connectivity index (χ4n) is 1.63. The Bertz CT molecular complexity index is 496. The van der Waals surface area contributed by atoms with Crippen LogP contribution < -0.4 is 5.32 Å². The van der Waals surface area contributed by atoms with E-state index in [-0.39, 0.29) is 0 Å². The van der Waals surface area contributed by atoms with Crippen LogP contribution in [0.1, 0.15) is 23.7 Å². The summed E-state index contributed by atoms with van der Waals surface area (Å²) in [6.07, 6.45) is 0. The van der Waals surface area contributed by atoms with Crippen molar-refractivity contribution in [1.82, 2.24) is 9.59 Å². The molecule has 0 amide bonds. The number of hydrogen-bond donors (Lipinski definition) is 1. The van der Waals surface area contributed by atoms with E-state index in [1.807, 2.05) is 11.8 Å². The van der Waals surface area contributed by atoms with Gasteiger partial charge >= 0.3 is 0 Å². The molecule has 0 radical (unpaired) electrons. The first-order valence-corrected chi connectivity index (χ1v) is 7.91. The van der Waals surface area contributed by atoms with Gasteiger partial charge in [0.05, 0.1) is 0 Å². The molecular formula is C13H17N3S2. The van der Waals surface area contributed by atoms with Crippen LogP contribution >= 0.6 is 23.3 Å². The summed E-state index contributed by atoms with van der Waals surface area (Å²) in [6, 6.07) is 8.52. The summed E-state index contributed by atoms with van der Waals surface area (Å²) in [4.78, 5) is 0. The lowest BCUT2D eigenvalue weighted by Crippen LogP contribution is -1.97. The smallest absolute Gasteiger partial charge is 0.134 e. The number of nitrogens with zero attached hydrogens (tertiary/aromatic N) is 2.